The molecule has 0 bridgehead atoms. The maximum absolute atomic E-state index is 4.04. The van der Waals surface area contributed by atoms with Crippen LogP contribution in [0.4, 0.5) is 5.13 Å². The summed E-state index contributed by atoms with van der Waals surface area (Å²) in [6.07, 6.45) is 0.864. The SMILES string of the molecule is Cc1nnc(CCNc2nnc(Br)s2)s1. The summed E-state index contributed by atoms with van der Waals surface area (Å²) in [4.78, 5) is 0. The zero-order valence-corrected chi connectivity index (χ0v) is 11.1. The van der Waals surface area contributed by atoms with Gasteiger partial charge in [0.1, 0.15) is 10.0 Å². The van der Waals surface area contributed by atoms with Gasteiger partial charge in [0.05, 0.1) is 0 Å². The third kappa shape index (κ3) is 3.18. The minimum Gasteiger partial charge on any atom is -0.360 e. The Morgan fingerprint density at radius 3 is 2.67 bits per heavy atom. The van der Waals surface area contributed by atoms with Gasteiger partial charge in [-0.05, 0) is 22.9 Å². The molecule has 2 aromatic rings. The first kappa shape index (κ1) is 10.9. The normalized spacial score (nSPS) is 10.5. The molecule has 0 radical (unpaired) electrons. The highest BCUT2D eigenvalue weighted by Crippen LogP contribution is 2.19. The molecule has 80 valence electrons. The van der Waals surface area contributed by atoms with Crippen LogP contribution in [-0.4, -0.2) is 26.9 Å². The van der Waals surface area contributed by atoms with Gasteiger partial charge in [-0.1, -0.05) is 11.3 Å². The van der Waals surface area contributed by atoms with E-state index in [4.69, 9.17) is 0 Å². The van der Waals surface area contributed by atoms with E-state index in [2.05, 4.69) is 41.6 Å². The Balaban J connectivity index is 1.80. The first-order chi connectivity index (χ1) is 7.24. The van der Waals surface area contributed by atoms with Gasteiger partial charge < -0.3 is 5.32 Å². The Kier molecular flexibility index (Phi) is 3.60. The van der Waals surface area contributed by atoms with Crippen LogP contribution in [-0.2, 0) is 6.42 Å². The van der Waals surface area contributed by atoms with Gasteiger partial charge in [-0.3, -0.25) is 0 Å². The van der Waals surface area contributed by atoms with E-state index >= 15 is 0 Å². The van der Waals surface area contributed by atoms with Crippen LogP contribution < -0.4 is 5.32 Å². The Labute approximate surface area is 103 Å². The molecule has 0 aliphatic rings. The number of halogens is 1. The zero-order chi connectivity index (χ0) is 10.7. The van der Waals surface area contributed by atoms with Crippen LogP contribution >= 0.6 is 38.6 Å². The van der Waals surface area contributed by atoms with Crippen LogP contribution in [0.5, 0.6) is 0 Å². The molecular formula is C7H8BrN5S2. The lowest BCUT2D eigenvalue weighted by Crippen LogP contribution is -2.04. The highest BCUT2D eigenvalue weighted by atomic mass is 79.9. The van der Waals surface area contributed by atoms with Crippen molar-refractivity contribution in [3.05, 3.63) is 13.9 Å². The predicted molar refractivity (Wildman–Crippen MR) is 64.4 cm³/mol. The summed E-state index contributed by atoms with van der Waals surface area (Å²) in [5.74, 6) is 0. The number of nitrogens with zero attached hydrogens (tertiary/aromatic N) is 4. The lowest BCUT2D eigenvalue weighted by molar-refractivity contribution is 0.924. The summed E-state index contributed by atoms with van der Waals surface area (Å²) in [5.41, 5.74) is 0. The van der Waals surface area contributed by atoms with Crippen molar-refractivity contribution in [3.8, 4) is 0 Å². The Hall–Kier alpha value is -0.600. The van der Waals surface area contributed by atoms with Gasteiger partial charge in [-0.2, -0.15) is 0 Å². The number of nitrogens with one attached hydrogen (secondary N) is 1. The summed E-state index contributed by atoms with van der Waals surface area (Å²) < 4.78 is 0.789. The van der Waals surface area contributed by atoms with Gasteiger partial charge in [-0.15, -0.1) is 31.7 Å². The molecule has 0 amide bonds. The van der Waals surface area contributed by atoms with Crippen molar-refractivity contribution < 1.29 is 0 Å². The highest BCUT2D eigenvalue weighted by Gasteiger charge is 2.02. The monoisotopic (exact) mass is 305 g/mol. The first-order valence-corrected chi connectivity index (χ1v) is 6.68. The highest BCUT2D eigenvalue weighted by molar-refractivity contribution is 9.11. The molecule has 0 atom stereocenters. The van der Waals surface area contributed by atoms with Crippen LogP contribution in [0.15, 0.2) is 3.92 Å². The third-order valence-electron chi connectivity index (χ3n) is 1.58. The number of aryl methyl sites for hydroxylation is 1. The van der Waals surface area contributed by atoms with E-state index in [1.165, 1.54) is 11.3 Å². The second-order valence-corrected chi connectivity index (χ2v) is 6.27. The van der Waals surface area contributed by atoms with Crippen molar-refractivity contribution >= 4 is 43.7 Å². The molecule has 8 heteroatoms. The predicted octanol–water partition coefficient (Wildman–Crippen LogP) is 2.12. The molecule has 0 aliphatic heterocycles. The average Bonchev–Trinajstić information content (AvgIpc) is 2.76. The van der Waals surface area contributed by atoms with E-state index in [1.807, 2.05) is 6.92 Å². The first-order valence-electron chi connectivity index (χ1n) is 4.26. The van der Waals surface area contributed by atoms with Crippen molar-refractivity contribution in [2.45, 2.75) is 13.3 Å². The third-order valence-corrected chi connectivity index (χ3v) is 3.80. The Bertz CT molecular complexity index is 400. The molecule has 0 unspecified atom stereocenters. The summed E-state index contributed by atoms with van der Waals surface area (Å²) in [6, 6.07) is 0. The molecule has 0 spiro atoms. The van der Waals surface area contributed by atoms with Crippen molar-refractivity contribution in [2.75, 3.05) is 11.9 Å². The van der Waals surface area contributed by atoms with Gasteiger partial charge in [-0.25, -0.2) is 0 Å². The molecule has 0 aromatic carbocycles. The molecule has 2 rings (SSSR count). The summed E-state index contributed by atoms with van der Waals surface area (Å²) >= 11 is 6.36. The quantitative estimate of drug-likeness (QED) is 0.937. The zero-order valence-electron chi connectivity index (χ0n) is 7.90. The minimum atomic E-state index is 0.789. The maximum Gasteiger partial charge on any atom is 0.206 e. The fourth-order valence-electron chi connectivity index (χ4n) is 0.992. The standard InChI is InChI=1S/C7H8BrN5S2/c1-4-10-11-5(14-4)2-3-9-7-13-12-6(8)15-7/h2-3H2,1H3,(H,9,13). The topological polar surface area (TPSA) is 63.6 Å². The van der Waals surface area contributed by atoms with E-state index in [-0.39, 0.29) is 0 Å². The number of aromatic nitrogens is 4. The number of anilines is 1. The second-order valence-electron chi connectivity index (χ2n) is 2.75. The Morgan fingerprint density at radius 2 is 2.07 bits per heavy atom. The van der Waals surface area contributed by atoms with E-state index in [0.717, 1.165) is 32.0 Å². The van der Waals surface area contributed by atoms with Gasteiger partial charge >= 0.3 is 0 Å². The summed E-state index contributed by atoms with van der Waals surface area (Å²) in [5, 5.41) is 21.8. The fraction of sp³-hybridized carbons (Fsp3) is 0.429. The number of rotatable bonds is 4. The Morgan fingerprint density at radius 1 is 1.20 bits per heavy atom. The summed E-state index contributed by atoms with van der Waals surface area (Å²) in [7, 11) is 0. The molecule has 1 N–H and O–H groups in total. The molecule has 15 heavy (non-hydrogen) atoms. The van der Waals surface area contributed by atoms with Gasteiger partial charge in [0.2, 0.25) is 5.13 Å². The second kappa shape index (κ2) is 4.95. The minimum absolute atomic E-state index is 0.789. The lowest BCUT2D eigenvalue weighted by atomic mass is 10.4. The molecule has 0 saturated heterocycles. The van der Waals surface area contributed by atoms with E-state index in [9.17, 15) is 0 Å². The van der Waals surface area contributed by atoms with Gasteiger partial charge in [0, 0.05) is 13.0 Å². The van der Waals surface area contributed by atoms with Gasteiger partial charge in [0.15, 0.2) is 3.92 Å². The molecule has 0 saturated carbocycles. The lowest BCUT2D eigenvalue weighted by Gasteiger charge is -1.97. The van der Waals surface area contributed by atoms with Crippen molar-refractivity contribution in [1.82, 2.24) is 20.4 Å². The maximum atomic E-state index is 4.04. The number of hydrogen-bond acceptors (Lipinski definition) is 7. The molecule has 0 aliphatic carbocycles. The number of hydrogen-bond donors (Lipinski definition) is 1. The van der Waals surface area contributed by atoms with Crippen molar-refractivity contribution in [3.63, 3.8) is 0 Å². The van der Waals surface area contributed by atoms with Crippen LogP contribution in [0.1, 0.15) is 10.0 Å². The fourth-order valence-corrected chi connectivity index (χ4v) is 2.74. The van der Waals surface area contributed by atoms with E-state index < -0.39 is 0 Å². The largest absolute Gasteiger partial charge is 0.360 e. The smallest absolute Gasteiger partial charge is 0.206 e. The van der Waals surface area contributed by atoms with Crippen LogP contribution in [0.3, 0.4) is 0 Å². The van der Waals surface area contributed by atoms with Crippen LogP contribution in [0, 0.1) is 6.92 Å². The van der Waals surface area contributed by atoms with Crippen LogP contribution in [0.25, 0.3) is 0 Å². The average molecular weight is 306 g/mol. The molecule has 2 aromatic heterocycles. The molecule has 0 fully saturated rings. The molecule has 5 nitrogen and oxygen atoms in total. The van der Waals surface area contributed by atoms with Crippen LogP contribution in [0.2, 0.25) is 0 Å². The molecular weight excluding hydrogens is 298 g/mol. The van der Waals surface area contributed by atoms with Gasteiger partial charge in [0.25, 0.3) is 0 Å². The van der Waals surface area contributed by atoms with Crippen molar-refractivity contribution in [2.24, 2.45) is 0 Å². The summed E-state index contributed by atoms with van der Waals surface area (Å²) in [6.45, 7) is 2.76. The molecule has 2 heterocycles. The van der Waals surface area contributed by atoms with E-state index in [1.54, 1.807) is 11.3 Å². The van der Waals surface area contributed by atoms with Crippen molar-refractivity contribution in [1.29, 1.82) is 0 Å². The van der Waals surface area contributed by atoms with E-state index in [0.29, 0.717) is 0 Å².